The summed E-state index contributed by atoms with van der Waals surface area (Å²) in [5, 5.41) is 35.6. The second kappa shape index (κ2) is 19.1. The summed E-state index contributed by atoms with van der Waals surface area (Å²) in [4.78, 5) is 22.0. The lowest BCUT2D eigenvalue weighted by Crippen LogP contribution is -2.11. The van der Waals surface area contributed by atoms with E-state index in [1.807, 2.05) is 12.1 Å². The molecule has 340 valence electrons. The van der Waals surface area contributed by atoms with Crippen LogP contribution in [0.4, 0.5) is 69.3 Å². The van der Waals surface area contributed by atoms with Gasteiger partial charge in [0.2, 0.25) is 17.2 Å². The molecule has 0 radical (unpaired) electrons. The molecule has 5 rings (SSSR count). The lowest BCUT2D eigenvalue weighted by molar-refractivity contribution is 0.479. The van der Waals surface area contributed by atoms with Crippen molar-refractivity contribution in [1.29, 1.82) is 10.5 Å². The topological polar surface area (TPSA) is 533 Å². The van der Waals surface area contributed by atoms with Gasteiger partial charge in [0.25, 0.3) is 40.5 Å². The molecule has 0 aliphatic heterocycles. The van der Waals surface area contributed by atoms with Crippen molar-refractivity contribution in [1.82, 2.24) is 34.9 Å². The van der Waals surface area contributed by atoms with Crippen LogP contribution in [0.3, 0.4) is 0 Å². The molecule has 0 aliphatic rings. The molecule has 14 N–H and O–H groups in total. The average molecular weight is 1030 g/mol. The number of nitrogen functional groups attached to an aromatic ring is 4. The third-order valence-electron chi connectivity index (χ3n) is 7.22. The van der Waals surface area contributed by atoms with E-state index in [1.54, 1.807) is 0 Å². The second-order valence-electron chi connectivity index (χ2n) is 11.6. The molecular formula is C27H22ClN19O12S6. The molecule has 0 atom stereocenters. The van der Waals surface area contributed by atoms with Gasteiger partial charge in [-0.1, -0.05) is 23.5 Å². The van der Waals surface area contributed by atoms with Crippen molar-refractivity contribution in [2.75, 3.05) is 45.1 Å². The number of hydrogen-bond acceptors (Lipinski definition) is 29. The minimum absolute atomic E-state index is 0.0425. The molecule has 3 heterocycles. The summed E-state index contributed by atoms with van der Waals surface area (Å²) in [5.41, 5.74) is 18.8. The first-order chi connectivity index (χ1) is 30.2. The molecule has 3 aromatic heterocycles. The van der Waals surface area contributed by atoms with E-state index >= 15 is 0 Å². The number of nitrogens with one attached hydrogen (secondary N) is 2. The first-order valence-corrected chi connectivity index (χ1v) is 24.2. The van der Waals surface area contributed by atoms with E-state index < -0.39 is 135 Å². The lowest BCUT2D eigenvalue weighted by atomic mass is 10.3. The summed E-state index contributed by atoms with van der Waals surface area (Å²) in [6, 6.07) is 5.31. The molecule has 0 bridgehead atoms. The minimum atomic E-state index is -5.39. The number of nitriles is 2. The molecule has 0 aliphatic carbocycles. The van der Waals surface area contributed by atoms with E-state index in [0.29, 0.717) is 24.3 Å². The van der Waals surface area contributed by atoms with Crippen molar-refractivity contribution in [3.63, 3.8) is 0 Å². The Morgan fingerprint density at radius 2 is 0.862 bits per heavy atom. The highest BCUT2D eigenvalue weighted by molar-refractivity contribution is 7.99. The first kappa shape index (κ1) is 49.2. The molecule has 38 heteroatoms. The van der Waals surface area contributed by atoms with Crippen molar-refractivity contribution >= 4 is 145 Å². The van der Waals surface area contributed by atoms with Crippen LogP contribution < -0.4 is 33.6 Å². The van der Waals surface area contributed by atoms with Gasteiger partial charge in [-0.05, 0) is 35.9 Å². The van der Waals surface area contributed by atoms with Crippen LogP contribution >= 0.6 is 35.1 Å². The Hall–Kier alpha value is -6.78. The summed E-state index contributed by atoms with van der Waals surface area (Å²) in [7, 11) is -21.5. The highest BCUT2D eigenvalue weighted by Gasteiger charge is 2.28. The number of rotatable bonds is 16. The molecule has 0 unspecified atom stereocenters. The van der Waals surface area contributed by atoms with Gasteiger partial charge in [0.1, 0.15) is 31.0 Å². The quantitative estimate of drug-likeness (QED) is 0.0294. The Morgan fingerprint density at radius 1 is 0.538 bits per heavy atom. The van der Waals surface area contributed by atoms with Crippen molar-refractivity contribution in [3.05, 3.63) is 29.5 Å². The van der Waals surface area contributed by atoms with Gasteiger partial charge in [0.15, 0.2) is 45.0 Å². The van der Waals surface area contributed by atoms with Crippen molar-refractivity contribution < 1.29 is 51.9 Å². The molecule has 31 nitrogen and oxygen atoms in total. The van der Waals surface area contributed by atoms with Gasteiger partial charge >= 0.3 is 0 Å². The van der Waals surface area contributed by atoms with Gasteiger partial charge in [-0.25, -0.2) is 19.9 Å². The van der Waals surface area contributed by atoms with E-state index in [0.717, 1.165) is 23.5 Å². The summed E-state index contributed by atoms with van der Waals surface area (Å²) in [6.45, 7) is 0. The zero-order valence-electron chi connectivity index (χ0n) is 31.2. The van der Waals surface area contributed by atoms with E-state index in [9.17, 15) is 51.9 Å². The number of anilines is 8. The molecule has 5 aromatic rings. The molecule has 0 saturated carbocycles. The van der Waals surface area contributed by atoms with E-state index in [2.05, 4.69) is 66.0 Å². The predicted octanol–water partition coefficient (Wildman–Crippen LogP) is 2.97. The van der Waals surface area contributed by atoms with Gasteiger partial charge < -0.3 is 33.6 Å². The number of hydrogen-bond donors (Lipinski definition) is 10. The van der Waals surface area contributed by atoms with Crippen LogP contribution in [-0.2, 0) is 40.5 Å². The van der Waals surface area contributed by atoms with Gasteiger partial charge in [-0.3, -0.25) is 18.2 Å². The predicted molar refractivity (Wildman–Crippen MR) is 226 cm³/mol. The molecule has 0 saturated heterocycles. The Morgan fingerprint density at radius 3 is 1.15 bits per heavy atom. The van der Waals surface area contributed by atoms with E-state index in [-0.39, 0.29) is 21.8 Å². The zero-order chi connectivity index (χ0) is 48.2. The number of azo groups is 2. The number of aromatic nitrogens is 7. The molecule has 0 fully saturated rings. The molecule has 0 amide bonds. The highest BCUT2D eigenvalue weighted by atomic mass is 35.5. The molecule has 0 spiro atoms. The summed E-state index contributed by atoms with van der Waals surface area (Å²) in [5.74, 6) is -3.52. The Labute approximate surface area is 377 Å². The zero-order valence-corrected chi connectivity index (χ0v) is 36.9. The normalized spacial score (nSPS) is 12.3. The van der Waals surface area contributed by atoms with Gasteiger partial charge in [0.05, 0.1) is 35.0 Å². The number of thioether (sulfide) groups is 2. The maximum atomic E-state index is 12.6. The number of halogens is 1. The fourth-order valence-corrected chi connectivity index (χ4v) is 8.42. The fraction of sp³-hybridized carbons (Fsp3) is 0.0741. The summed E-state index contributed by atoms with van der Waals surface area (Å²) >= 11 is 7.72. The molecule has 65 heavy (non-hydrogen) atoms. The monoisotopic (exact) mass is 1030 g/mol. The van der Waals surface area contributed by atoms with Crippen LogP contribution in [-0.4, -0.2) is 98.3 Å². The fourth-order valence-electron chi connectivity index (χ4n) is 4.66. The van der Waals surface area contributed by atoms with Crippen LogP contribution in [0.25, 0.3) is 0 Å². The Balaban J connectivity index is 1.58. The maximum Gasteiger partial charge on any atom is 0.296 e. The Kier molecular flexibility index (Phi) is 14.5. The van der Waals surface area contributed by atoms with Gasteiger partial charge in [-0.2, -0.15) is 59.1 Å². The van der Waals surface area contributed by atoms with Crippen molar-refractivity contribution in [3.8, 4) is 12.1 Å². The van der Waals surface area contributed by atoms with Crippen molar-refractivity contribution in [2.24, 2.45) is 20.5 Å². The van der Waals surface area contributed by atoms with Crippen LogP contribution in [0.15, 0.2) is 74.6 Å². The average Bonchev–Trinajstić information content (AvgIpc) is 3.17. The van der Waals surface area contributed by atoms with Crippen LogP contribution in [0.5, 0.6) is 0 Å². The van der Waals surface area contributed by atoms with Gasteiger partial charge in [-0.15, -0.1) is 20.5 Å². The summed E-state index contributed by atoms with van der Waals surface area (Å²) in [6.07, 6.45) is 0. The first-order valence-electron chi connectivity index (χ1n) is 16.1. The van der Waals surface area contributed by atoms with Crippen LogP contribution in [0, 0.1) is 22.7 Å². The van der Waals surface area contributed by atoms with Crippen LogP contribution in [0.2, 0.25) is 5.28 Å². The van der Waals surface area contributed by atoms with Crippen molar-refractivity contribution in [2.45, 2.75) is 29.9 Å². The maximum absolute atomic E-state index is 12.6. The third kappa shape index (κ3) is 12.3. The molecular weight excluding hydrogens is 1010 g/mol. The summed E-state index contributed by atoms with van der Waals surface area (Å²) < 4.78 is 141. The second-order valence-corrected chi connectivity index (χ2v) is 19.4. The lowest BCUT2D eigenvalue weighted by Gasteiger charge is -2.14. The smallest absolute Gasteiger partial charge is 0.296 e. The SMILES string of the molecule is N#CCSc1nc(N)c(N=Nc2cc(S(=O)(=O)O)c(Nc3nc(Cl)nc(Nc4cc(S(=O)(=O)O)c(N=Nc5c(N)nc(SCC#N)nc5N)cc4S(=O)(=O)O)n3)cc2S(=O)(=O)O)c(N)n1. The minimum Gasteiger partial charge on any atom is -0.382 e. The van der Waals surface area contributed by atoms with Gasteiger partial charge in [0, 0.05) is 0 Å². The third-order valence-corrected chi connectivity index (χ3v) is 12.4. The van der Waals surface area contributed by atoms with Crippen LogP contribution in [0.1, 0.15) is 0 Å². The standard InChI is InChI=1S/C27H22ClN19O12S6/c28-23-41-24(35-9-5-15(64(54,55)56)11(7-13(9)62(48,49)50)44-46-17-19(31)37-26(38-20(17)32)60-3-1-29)43-25(42-23)36-10-6-16(65(57,58)59)12(8-14(10)63(51,52)53)45-47-18-21(33)39-27(40-22(18)34)61-4-2-30/h5-8H,3-4H2,(H,48,49,50)(H,51,52,53)(H,54,55,56)(H,57,58,59)(H4,31,32,37,38)(H4,33,34,39,40)(H2,35,36,41,42,43). The number of benzene rings is 2. The molecule has 2 aromatic carbocycles. The number of nitrogens with zero attached hydrogens (tertiary/aromatic N) is 13. The highest BCUT2D eigenvalue weighted by Crippen LogP contribution is 2.40. The van der Waals surface area contributed by atoms with E-state index in [4.69, 9.17) is 45.1 Å². The largest absolute Gasteiger partial charge is 0.382 e. The number of nitrogens with two attached hydrogens (primary N) is 4. The Bertz CT molecular complexity index is 3120. The van der Waals surface area contributed by atoms with E-state index in [1.165, 1.54) is 0 Å².